The van der Waals surface area contributed by atoms with E-state index in [9.17, 15) is 18.0 Å². The number of amides is 2. The van der Waals surface area contributed by atoms with Gasteiger partial charge in [0, 0.05) is 11.6 Å². The van der Waals surface area contributed by atoms with E-state index in [4.69, 9.17) is 0 Å². The number of imide groups is 1. The van der Waals surface area contributed by atoms with Crippen molar-refractivity contribution in [3.8, 4) is 0 Å². The average Bonchev–Trinajstić information content (AvgIpc) is 3.07. The summed E-state index contributed by atoms with van der Waals surface area (Å²) < 4.78 is 26.1. The number of sulfone groups is 1. The fraction of sp³-hybridized carbons (Fsp3) is 0.143. The first-order valence-electron chi connectivity index (χ1n) is 6.64. The molecule has 2 aromatic rings. The normalized spacial score (nSPS) is 14.7. The predicted octanol–water partition coefficient (Wildman–Crippen LogP) is 0.00212. The lowest BCUT2D eigenvalue weighted by Gasteiger charge is -2.01. The molecule has 1 aliphatic heterocycles. The molecule has 118 valence electrons. The van der Waals surface area contributed by atoms with Gasteiger partial charge in [0.15, 0.2) is 0 Å². The Balaban J connectivity index is 1.87. The monoisotopic (exact) mass is 332 g/mol. The van der Waals surface area contributed by atoms with Gasteiger partial charge in [0.2, 0.25) is 14.9 Å². The van der Waals surface area contributed by atoms with E-state index in [2.05, 4.69) is 15.6 Å². The number of aryl methyl sites for hydroxylation is 1. The van der Waals surface area contributed by atoms with Gasteiger partial charge in [-0.3, -0.25) is 14.9 Å². The van der Waals surface area contributed by atoms with Crippen LogP contribution in [0.1, 0.15) is 5.56 Å². The highest BCUT2D eigenvalue weighted by atomic mass is 32.2. The van der Waals surface area contributed by atoms with Crippen LogP contribution in [0.5, 0.6) is 0 Å². The molecule has 8 nitrogen and oxygen atoms in total. The lowest BCUT2D eigenvalue weighted by molar-refractivity contribution is -0.123. The fourth-order valence-electron chi connectivity index (χ4n) is 2.06. The highest BCUT2D eigenvalue weighted by Crippen LogP contribution is 2.19. The molecule has 0 spiro atoms. The third-order valence-electron chi connectivity index (χ3n) is 3.29. The lowest BCUT2D eigenvalue weighted by Crippen LogP contribution is -2.23. The molecule has 0 aliphatic carbocycles. The summed E-state index contributed by atoms with van der Waals surface area (Å²) in [5.41, 5.74) is 1.13. The first-order chi connectivity index (χ1) is 10.9. The van der Waals surface area contributed by atoms with Crippen LogP contribution in [0, 0.1) is 6.92 Å². The Morgan fingerprint density at radius 1 is 1.17 bits per heavy atom. The van der Waals surface area contributed by atoms with Gasteiger partial charge in [-0.05, 0) is 19.1 Å². The van der Waals surface area contributed by atoms with Gasteiger partial charge in [-0.1, -0.05) is 22.9 Å². The second-order valence-electron chi connectivity index (χ2n) is 5.06. The number of rotatable bonds is 4. The van der Waals surface area contributed by atoms with E-state index in [0.29, 0.717) is 0 Å². The van der Waals surface area contributed by atoms with Gasteiger partial charge in [0.25, 0.3) is 11.8 Å². The Morgan fingerprint density at radius 3 is 2.48 bits per heavy atom. The summed E-state index contributed by atoms with van der Waals surface area (Å²) >= 11 is 0. The van der Waals surface area contributed by atoms with Gasteiger partial charge >= 0.3 is 0 Å². The van der Waals surface area contributed by atoms with Crippen LogP contribution < -0.4 is 5.32 Å². The maximum Gasteiger partial charge on any atom is 0.256 e. The van der Waals surface area contributed by atoms with E-state index in [1.807, 2.05) is 6.92 Å². The summed E-state index contributed by atoms with van der Waals surface area (Å²) in [7, 11) is -3.77. The Morgan fingerprint density at radius 2 is 1.87 bits per heavy atom. The van der Waals surface area contributed by atoms with Crippen molar-refractivity contribution in [1.82, 2.24) is 20.3 Å². The first kappa shape index (κ1) is 15.1. The summed E-state index contributed by atoms with van der Waals surface area (Å²) in [4.78, 5) is 22.7. The molecule has 1 aliphatic rings. The van der Waals surface area contributed by atoms with Crippen molar-refractivity contribution in [3.05, 3.63) is 47.7 Å². The van der Waals surface area contributed by atoms with Crippen LogP contribution in [-0.4, -0.2) is 35.2 Å². The van der Waals surface area contributed by atoms with E-state index in [1.165, 1.54) is 23.0 Å². The third kappa shape index (κ3) is 2.90. The fourth-order valence-corrected chi connectivity index (χ4v) is 3.20. The zero-order valence-electron chi connectivity index (χ0n) is 12.1. The smallest absolute Gasteiger partial charge is 0.256 e. The van der Waals surface area contributed by atoms with Gasteiger partial charge in [-0.25, -0.2) is 13.1 Å². The van der Waals surface area contributed by atoms with Crippen LogP contribution in [0.15, 0.2) is 52.0 Å². The number of benzene rings is 1. The maximum absolute atomic E-state index is 12.4. The summed E-state index contributed by atoms with van der Waals surface area (Å²) in [6.07, 6.45) is 2.38. The Bertz CT molecular complexity index is 926. The quantitative estimate of drug-likeness (QED) is 0.789. The molecule has 0 atom stereocenters. The molecule has 2 amide bonds. The minimum Gasteiger partial charge on any atom is -0.289 e. The van der Waals surface area contributed by atoms with E-state index in [-0.39, 0.29) is 22.0 Å². The molecule has 9 heteroatoms. The Labute approximate surface area is 131 Å². The third-order valence-corrected chi connectivity index (χ3v) is 4.92. The number of carbonyl (C=O) groups excluding carboxylic acids is 2. The summed E-state index contributed by atoms with van der Waals surface area (Å²) in [5.74, 6) is -1.02. The number of nitrogens with one attached hydrogen (secondary N) is 1. The van der Waals surface area contributed by atoms with Gasteiger partial charge in [0.1, 0.15) is 0 Å². The summed E-state index contributed by atoms with van der Waals surface area (Å²) in [6.45, 7) is 1.82. The van der Waals surface area contributed by atoms with Crippen LogP contribution >= 0.6 is 0 Å². The zero-order chi connectivity index (χ0) is 16.6. The van der Waals surface area contributed by atoms with E-state index in [0.717, 1.165) is 11.6 Å². The number of nitrogens with zero attached hydrogens (tertiary/aromatic N) is 3. The molecule has 1 aromatic carbocycles. The average molecular weight is 332 g/mol. The van der Waals surface area contributed by atoms with Gasteiger partial charge in [0.05, 0.1) is 17.6 Å². The van der Waals surface area contributed by atoms with Crippen LogP contribution in [0.3, 0.4) is 0 Å². The molecule has 23 heavy (non-hydrogen) atoms. The van der Waals surface area contributed by atoms with Crippen LogP contribution in [0.2, 0.25) is 0 Å². The van der Waals surface area contributed by atoms with Crippen LogP contribution in [0.4, 0.5) is 0 Å². The summed E-state index contributed by atoms with van der Waals surface area (Å²) in [5, 5.41) is 9.25. The number of hydrogen-bond donors (Lipinski definition) is 1. The Hall–Kier alpha value is -2.81. The second kappa shape index (κ2) is 5.43. The molecule has 2 heterocycles. The molecule has 1 aromatic heterocycles. The van der Waals surface area contributed by atoms with Gasteiger partial charge in [-0.15, -0.1) is 5.10 Å². The molecule has 0 fully saturated rings. The zero-order valence-corrected chi connectivity index (χ0v) is 12.9. The minimum absolute atomic E-state index is 0.0337. The SMILES string of the molecule is Cc1ccc(S(=O)(=O)c2cn(CC3=CC(=O)NC3=O)nn2)cc1. The van der Waals surface area contributed by atoms with Crippen molar-refractivity contribution < 1.29 is 18.0 Å². The van der Waals surface area contributed by atoms with Crippen molar-refractivity contribution in [2.24, 2.45) is 0 Å². The highest BCUT2D eigenvalue weighted by Gasteiger charge is 2.24. The highest BCUT2D eigenvalue weighted by molar-refractivity contribution is 7.91. The topological polar surface area (TPSA) is 111 Å². The Kier molecular flexibility index (Phi) is 3.57. The maximum atomic E-state index is 12.4. The molecule has 3 rings (SSSR count). The van der Waals surface area contributed by atoms with Gasteiger partial charge in [-0.2, -0.15) is 0 Å². The molecule has 0 saturated heterocycles. The number of aromatic nitrogens is 3. The molecule has 0 radical (unpaired) electrons. The summed E-state index contributed by atoms with van der Waals surface area (Å²) in [6, 6.07) is 6.37. The van der Waals surface area contributed by atoms with Crippen molar-refractivity contribution in [2.75, 3.05) is 0 Å². The van der Waals surface area contributed by atoms with Crippen molar-refractivity contribution in [1.29, 1.82) is 0 Å². The van der Waals surface area contributed by atoms with E-state index in [1.54, 1.807) is 12.1 Å². The van der Waals surface area contributed by atoms with E-state index >= 15 is 0 Å². The molecule has 0 saturated carbocycles. The standard InChI is InChI=1S/C14H12N4O4S/c1-9-2-4-11(5-3-9)23(21,22)13-8-18(17-16-13)7-10-6-12(19)15-14(10)20/h2-6,8H,7H2,1H3,(H,15,19,20). The number of carbonyl (C=O) groups is 2. The molecular formula is C14H12N4O4S. The van der Waals surface area contributed by atoms with Crippen molar-refractivity contribution in [2.45, 2.75) is 23.4 Å². The largest absolute Gasteiger partial charge is 0.289 e. The van der Waals surface area contributed by atoms with Gasteiger partial charge < -0.3 is 0 Å². The lowest BCUT2D eigenvalue weighted by atomic mass is 10.2. The van der Waals surface area contributed by atoms with Crippen molar-refractivity contribution >= 4 is 21.7 Å². The predicted molar refractivity (Wildman–Crippen MR) is 77.9 cm³/mol. The molecule has 0 unspecified atom stereocenters. The first-order valence-corrected chi connectivity index (χ1v) is 8.12. The van der Waals surface area contributed by atoms with Crippen molar-refractivity contribution in [3.63, 3.8) is 0 Å². The number of hydrogen-bond acceptors (Lipinski definition) is 6. The van der Waals surface area contributed by atoms with Crippen LogP contribution in [0.25, 0.3) is 0 Å². The van der Waals surface area contributed by atoms with Crippen LogP contribution in [-0.2, 0) is 26.0 Å². The minimum atomic E-state index is -3.77. The second-order valence-corrected chi connectivity index (χ2v) is 6.96. The molecular weight excluding hydrogens is 320 g/mol. The molecule has 1 N–H and O–H groups in total. The molecule has 0 bridgehead atoms. The van der Waals surface area contributed by atoms with E-state index < -0.39 is 21.7 Å².